The van der Waals surface area contributed by atoms with E-state index in [4.69, 9.17) is 27.9 Å². The fourth-order valence-corrected chi connectivity index (χ4v) is 8.35. The van der Waals surface area contributed by atoms with E-state index in [9.17, 15) is 24.5 Å². The van der Waals surface area contributed by atoms with E-state index in [2.05, 4.69) is 5.32 Å². The first-order valence-electron chi connectivity index (χ1n) is 14.2. The van der Waals surface area contributed by atoms with Gasteiger partial charge < -0.3 is 10.1 Å². The summed E-state index contributed by atoms with van der Waals surface area (Å²) in [6.07, 6.45) is -0.0498. The van der Waals surface area contributed by atoms with Crippen molar-refractivity contribution >= 4 is 52.3 Å². The van der Waals surface area contributed by atoms with Crippen LogP contribution in [0.15, 0.2) is 97.1 Å². The predicted molar refractivity (Wildman–Crippen MR) is 167 cm³/mol. The lowest BCUT2D eigenvalue weighted by atomic mass is 9.54. The van der Waals surface area contributed by atoms with E-state index in [0.717, 1.165) is 4.90 Å². The zero-order chi connectivity index (χ0) is 31.7. The van der Waals surface area contributed by atoms with Crippen molar-refractivity contribution in [3.8, 4) is 5.75 Å². The second kappa shape index (κ2) is 10.4. The Morgan fingerprint density at radius 1 is 0.867 bits per heavy atom. The van der Waals surface area contributed by atoms with E-state index in [-0.39, 0.29) is 23.5 Å². The van der Waals surface area contributed by atoms with Crippen molar-refractivity contribution in [3.63, 3.8) is 0 Å². The molecule has 0 saturated carbocycles. The molecule has 3 amide bonds. The molecule has 9 nitrogen and oxygen atoms in total. The van der Waals surface area contributed by atoms with Crippen molar-refractivity contribution in [3.05, 3.63) is 135 Å². The minimum atomic E-state index is -1.42. The number of hydrogen-bond donors (Lipinski definition) is 1. The van der Waals surface area contributed by atoms with Crippen LogP contribution in [0.25, 0.3) is 0 Å². The van der Waals surface area contributed by atoms with Gasteiger partial charge in [0.25, 0.3) is 5.69 Å². The zero-order valence-electron chi connectivity index (χ0n) is 23.8. The van der Waals surface area contributed by atoms with Crippen LogP contribution in [0.3, 0.4) is 0 Å². The van der Waals surface area contributed by atoms with Crippen molar-refractivity contribution in [2.45, 2.75) is 22.2 Å². The van der Waals surface area contributed by atoms with E-state index >= 15 is 0 Å². The summed E-state index contributed by atoms with van der Waals surface area (Å²) >= 11 is 15.1. The number of likely N-dealkylation sites (tertiary alicyclic amines) is 1. The highest BCUT2D eigenvalue weighted by atomic mass is 35.5. The number of amides is 3. The molecule has 3 atom stereocenters. The van der Waals surface area contributed by atoms with E-state index in [1.165, 1.54) is 25.3 Å². The van der Waals surface area contributed by atoms with Crippen molar-refractivity contribution in [1.29, 1.82) is 0 Å². The van der Waals surface area contributed by atoms with Gasteiger partial charge >= 0.3 is 0 Å². The second-order valence-corrected chi connectivity index (χ2v) is 12.5. The van der Waals surface area contributed by atoms with Crippen LogP contribution in [-0.2, 0) is 30.6 Å². The summed E-state index contributed by atoms with van der Waals surface area (Å²) in [6, 6.07) is 26.0. The van der Waals surface area contributed by atoms with Crippen molar-refractivity contribution < 1.29 is 24.0 Å². The standard InChI is InChI=1S/C34H25Cl2N3O6/c1-45-20-15-16-26(39(43)44)25(18-20)37-30(40)27(17-19-9-3-2-4-10-19)38-31(41)28-29(32(38)42)34(36)22-12-6-5-11-21(22)33(28,35)23-13-7-8-14-24(23)34/h2-16,18,27-29H,17H2,1H3,(H,37,40)/t27-,28-,29-,33?,34?/m0/s1. The topological polar surface area (TPSA) is 119 Å². The maximum Gasteiger partial charge on any atom is 0.293 e. The summed E-state index contributed by atoms with van der Waals surface area (Å²) in [5.74, 6) is -3.99. The maximum atomic E-state index is 14.6. The Kier molecular flexibility index (Phi) is 6.72. The van der Waals surface area contributed by atoms with Crippen LogP contribution in [0, 0.1) is 22.0 Å². The number of carbonyl (C=O) groups is 3. The number of hydrogen-bond acceptors (Lipinski definition) is 6. The van der Waals surface area contributed by atoms with Crippen LogP contribution in [-0.4, -0.2) is 40.7 Å². The van der Waals surface area contributed by atoms with Crippen LogP contribution in [0.1, 0.15) is 27.8 Å². The van der Waals surface area contributed by atoms with E-state index in [1.54, 1.807) is 30.3 Å². The molecule has 4 aliphatic rings. The number of nitro benzene ring substituents is 1. The number of ether oxygens (including phenoxy) is 1. The molecule has 1 fully saturated rings. The third kappa shape index (κ3) is 4.04. The molecule has 2 bridgehead atoms. The number of rotatable bonds is 7. The molecule has 11 heteroatoms. The third-order valence-electron chi connectivity index (χ3n) is 9.16. The van der Waals surface area contributed by atoms with Gasteiger partial charge in [0.1, 0.15) is 27.2 Å². The highest BCUT2D eigenvalue weighted by Gasteiger charge is 2.73. The Hall–Kier alpha value is -4.73. The lowest BCUT2D eigenvalue weighted by molar-refractivity contribution is -0.383. The number of alkyl halides is 2. The highest BCUT2D eigenvalue weighted by Crippen LogP contribution is 2.69. The average Bonchev–Trinajstić information content (AvgIpc) is 3.33. The van der Waals surface area contributed by atoms with Crippen LogP contribution < -0.4 is 10.1 Å². The predicted octanol–water partition coefficient (Wildman–Crippen LogP) is 5.75. The van der Waals surface area contributed by atoms with Gasteiger partial charge in [-0.1, -0.05) is 78.9 Å². The molecule has 4 aromatic carbocycles. The number of carbonyl (C=O) groups excluding carboxylic acids is 3. The average molecular weight is 642 g/mol. The van der Waals surface area contributed by atoms with Crippen molar-refractivity contribution in [2.75, 3.05) is 12.4 Å². The monoisotopic (exact) mass is 641 g/mol. The molecule has 1 heterocycles. The minimum Gasteiger partial charge on any atom is -0.497 e. The van der Waals surface area contributed by atoms with Crippen LogP contribution in [0.4, 0.5) is 11.4 Å². The summed E-state index contributed by atoms with van der Waals surface area (Å²) in [4.78, 5) is 52.7. The first kappa shape index (κ1) is 29.0. The normalized spacial score (nSPS) is 24.8. The summed E-state index contributed by atoms with van der Waals surface area (Å²) in [5.41, 5.74) is 2.71. The van der Waals surface area contributed by atoms with Gasteiger partial charge in [0.05, 0.1) is 23.9 Å². The number of nitro groups is 1. The molecule has 0 unspecified atom stereocenters. The number of nitrogens with one attached hydrogen (secondary N) is 1. The number of benzene rings is 4. The van der Waals surface area contributed by atoms with Gasteiger partial charge in [-0.2, -0.15) is 0 Å². The van der Waals surface area contributed by atoms with E-state index in [0.29, 0.717) is 27.8 Å². The molecule has 4 aromatic rings. The summed E-state index contributed by atoms with van der Waals surface area (Å²) in [5, 5.41) is 14.4. The molecule has 1 N–H and O–H groups in total. The van der Waals surface area contributed by atoms with E-state index < -0.39 is 50.3 Å². The van der Waals surface area contributed by atoms with Crippen LogP contribution in [0.5, 0.6) is 5.75 Å². The number of halogens is 2. The van der Waals surface area contributed by atoms with Crippen LogP contribution >= 0.6 is 23.2 Å². The lowest BCUT2D eigenvalue weighted by Crippen LogP contribution is -2.57. The Balaban J connectivity index is 1.36. The van der Waals surface area contributed by atoms with Crippen molar-refractivity contribution in [1.82, 2.24) is 4.90 Å². The molecule has 1 saturated heterocycles. The Labute approximate surface area is 267 Å². The summed E-state index contributed by atoms with van der Waals surface area (Å²) in [6.45, 7) is 0. The molecule has 3 aliphatic carbocycles. The molecule has 226 valence electrons. The van der Waals surface area contributed by atoms with Gasteiger partial charge in [0.15, 0.2) is 0 Å². The van der Waals surface area contributed by atoms with Gasteiger partial charge in [-0.3, -0.25) is 29.4 Å². The molecule has 1 aliphatic heterocycles. The van der Waals surface area contributed by atoms with Gasteiger partial charge in [-0.25, -0.2) is 0 Å². The number of nitrogens with zero attached hydrogens (tertiary/aromatic N) is 2. The Morgan fingerprint density at radius 3 is 1.82 bits per heavy atom. The Bertz CT molecular complexity index is 1790. The van der Waals surface area contributed by atoms with Gasteiger partial charge in [-0.15, -0.1) is 23.2 Å². The smallest absolute Gasteiger partial charge is 0.293 e. The minimum absolute atomic E-state index is 0.0498. The maximum absolute atomic E-state index is 14.6. The summed E-state index contributed by atoms with van der Waals surface area (Å²) in [7, 11) is 1.39. The largest absolute Gasteiger partial charge is 0.497 e. The second-order valence-electron chi connectivity index (χ2n) is 11.4. The molecule has 0 aromatic heterocycles. The first-order valence-corrected chi connectivity index (χ1v) is 15.0. The highest BCUT2D eigenvalue weighted by molar-refractivity contribution is 6.36. The number of anilines is 1. The molecule has 0 spiro atoms. The fraction of sp³-hybridized carbons (Fsp3) is 0.206. The van der Waals surface area contributed by atoms with Gasteiger partial charge in [0, 0.05) is 18.6 Å². The summed E-state index contributed by atoms with van der Waals surface area (Å²) < 4.78 is 5.22. The van der Waals surface area contributed by atoms with Crippen LogP contribution in [0.2, 0.25) is 0 Å². The lowest BCUT2D eigenvalue weighted by Gasteiger charge is -2.54. The first-order chi connectivity index (χ1) is 21.6. The molecule has 45 heavy (non-hydrogen) atoms. The van der Waals surface area contributed by atoms with Crippen molar-refractivity contribution in [2.24, 2.45) is 11.8 Å². The number of imide groups is 1. The molecular formula is C34H25Cl2N3O6. The SMILES string of the molecule is COc1ccc([N+](=O)[O-])c(NC(=O)[C@H](Cc2ccccc2)N2C(=O)[C@@H]3[C@@H](C2=O)C2(Cl)c4ccccc4C3(Cl)c3ccccc32)c1. The zero-order valence-corrected chi connectivity index (χ0v) is 25.3. The van der Waals surface area contributed by atoms with E-state index in [1.807, 2.05) is 48.5 Å². The van der Waals surface area contributed by atoms with Gasteiger partial charge in [0.2, 0.25) is 17.7 Å². The third-order valence-corrected chi connectivity index (χ3v) is 10.4. The molecular weight excluding hydrogens is 617 g/mol. The fourth-order valence-electron chi connectivity index (χ4n) is 7.25. The Morgan fingerprint density at radius 2 is 1.36 bits per heavy atom. The quantitative estimate of drug-likeness (QED) is 0.119. The molecule has 8 rings (SSSR count). The molecule has 0 radical (unpaired) electrons. The number of methoxy groups -OCH3 is 1. The van der Waals surface area contributed by atoms with Gasteiger partial charge in [-0.05, 0) is 33.9 Å².